The highest BCUT2D eigenvalue weighted by Gasteiger charge is 2.12. The predicted molar refractivity (Wildman–Crippen MR) is 116 cm³/mol. The number of amides is 1. The van der Waals surface area contributed by atoms with Crippen LogP contribution in [0.25, 0.3) is 5.69 Å². The third-order valence-corrected chi connectivity index (χ3v) is 6.08. The lowest BCUT2D eigenvalue weighted by Crippen LogP contribution is -2.11. The monoisotopic (exact) mass is 488 g/mol. The van der Waals surface area contributed by atoms with E-state index in [1.807, 2.05) is 37.4 Å². The van der Waals surface area contributed by atoms with Gasteiger partial charge in [-0.05, 0) is 54.2 Å². The van der Waals surface area contributed by atoms with Gasteiger partial charge in [-0.2, -0.15) is 5.10 Å². The first-order chi connectivity index (χ1) is 14.0. The number of benzene rings is 2. The van der Waals surface area contributed by atoms with Crippen LogP contribution in [0.5, 0.6) is 0 Å². The zero-order valence-electron chi connectivity index (χ0n) is 15.1. The molecular formula is C19H14BrClN6OS. The Balaban J connectivity index is 1.46. The van der Waals surface area contributed by atoms with Crippen LogP contribution < -0.4 is 5.32 Å². The first-order valence-corrected chi connectivity index (χ1v) is 10.4. The molecule has 0 radical (unpaired) electrons. The first-order valence-electron chi connectivity index (χ1n) is 8.43. The average molecular weight is 490 g/mol. The van der Waals surface area contributed by atoms with Crippen LogP contribution in [0.15, 0.2) is 75.7 Å². The Bertz CT molecular complexity index is 1170. The van der Waals surface area contributed by atoms with Gasteiger partial charge in [0, 0.05) is 28.3 Å². The van der Waals surface area contributed by atoms with E-state index in [1.54, 1.807) is 33.9 Å². The zero-order chi connectivity index (χ0) is 20.4. The molecule has 0 atom stereocenters. The largest absolute Gasteiger partial charge is 0.322 e. The number of aromatic nitrogens is 5. The molecule has 2 aromatic carbocycles. The van der Waals surface area contributed by atoms with Crippen LogP contribution in [0.2, 0.25) is 5.02 Å². The van der Waals surface area contributed by atoms with E-state index in [2.05, 4.69) is 36.5 Å². The van der Waals surface area contributed by atoms with Gasteiger partial charge in [-0.1, -0.05) is 27.5 Å². The van der Waals surface area contributed by atoms with E-state index < -0.39 is 0 Å². The van der Waals surface area contributed by atoms with Crippen molar-refractivity contribution in [2.24, 2.45) is 7.05 Å². The Labute approximate surface area is 184 Å². The van der Waals surface area contributed by atoms with E-state index in [9.17, 15) is 4.79 Å². The topological polar surface area (TPSA) is 77.6 Å². The minimum atomic E-state index is -0.266. The second-order valence-electron chi connectivity index (χ2n) is 6.08. The van der Waals surface area contributed by atoms with E-state index >= 15 is 0 Å². The highest BCUT2D eigenvalue weighted by atomic mass is 79.9. The molecule has 0 unspecified atom stereocenters. The fraction of sp³-hybridized carbons (Fsp3) is 0.0526. The van der Waals surface area contributed by atoms with Crippen molar-refractivity contribution in [2.45, 2.75) is 10.1 Å². The Morgan fingerprint density at radius 3 is 2.69 bits per heavy atom. The van der Waals surface area contributed by atoms with Gasteiger partial charge < -0.3 is 9.88 Å². The number of anilines is 1. The second kappa shape index (κ2) is 8.40. The minimum absolute atomic E-state index is 0.266. The van der Waals surface area contributed by atoms with Crippen molar-refractivity contribution in [1.82, 2.24) is 24.5 Å². The van der Waals surface area contributed by atoms with Crippen LogP contribution in [0.1, 0.15) is 10.4 Å². The van der Waals surface area contributed by atoms with Gasteiger partial charge in [0.1, 0.15) is 6.33 Å². The number of rotatable bonds is 5. The normalized spacial score (nSPS) is 10.9. The Kier molecular flexibility index (Phi) is 5.70. The number of nitrogens with zero attached hydrogens (tertiary/aromatic N) is 5. The Morgan fingerprint density at radius 2 is 2.00 bits per heavy atom. The number of carbonyl (C=O) groups is 1. The predicted octanol–water partition coefficient (Wildman–Crippen LogP) is 4.82. The third-order valence-electron chi connectivity index (χ3n) is 4.00. The van der Waals surface area contributed by atoms with Gasteiger partial charge in [0.25, 0.3) is 5.91 Å². The quantitative estimate of drug-likeness (QED) is 0.435. The van der Waals surface area contributed by atoms with Crippen molar-refractivity contribution in [3.05, 3.63) is 76.2 Å². The maximum atomic E-state index is 12.6. The van der Waals surface area contributed by atoms with Crippen LogP contribution >= 0.6 is 39.3 Å². The summed E-state index contributed by atoms with van der Waals surface area (Å²) in [6, 6.07) is 13.0. The highest BCUT2D eigenvalue weighted by Crippen LogP contribution is 2.33. The van der Waals surface area contributed by atoms with Crippen molar-refractivity contribution in [3.8, 4) is 5.69 Å². The smallest absolute Gasteiger partial charge is 0.258 e. The van der Waals surface area contributed by atoms with Gasteiger partial charge >= 0.3 is 0 Å². The molecule has 29 heavy (non-hydrogen) atoms. The molecule has 7 nitrogen and oxygen atoms in total. The first kappa shape index (κ1) is 19.7. The minimum Gasteiger partial charge on any atom is -0.322 e. The summed E-state index contributed by atoms with van der Waals surface area (Å²) in [7, 11) is 1.86. The molecule has 0 spiro atoms. The number of hydrogen-bond donors (Lipinski definition) is 1. The summed E-state index contributed by atoms with van der Waals surface area (Å²) in [5.74, 6) is -0.266. The zero-order valence-corrected chi connectivity index (χ0v) is 18.2. The molecule has 0 aliphatic rings. The van der Waals surface area contributed by atoms with E-state index in [-0.39, 0.29) is 5.91 Å². The summed E-state index contributed by atoms with van der Waals surface area (Å²) in [6.45, 7) is 0. The fourth-order valence-corrected chi connectivity index (χ4v) is 3.83. The number of halogens is 2. The molecule has 2 aromatic heterocycles. The summed E-state index contributed by atoms with van der Waals surface area (Å²) in [5, 5.41) is 16.2. The summed E-state index contributed by atoms with van der Waals surface area (Å²) >= 11 is 11.2. The van der Waals surface area contributed by atoms with Crippen molar-refractivity contribution in [1.29, 1.82) is 0 Å². The molecule has 146 valence electrons. The summed E-state index contributed by atoms with van der Waals surface area (Å²) in [5.41, 5.74) is 1.90. The summed E-state index contributed by atoms with van der Waals surface area (Å²) < 4.78 is 4.43. The molecule has 1 amide bonds. The molecule has 0 aliphatic heterocycles. The van der Waals surface area contributed by atoms with Gasteiger partial charge in [0.15, 0.2) is 5.16 Å². The molecule has 0 aliphatic carbocycles. The lowest BCUT2D eigenvalue weighted by Gasteiger charge is -2.07. The summed E-state index contributed by atoms with van der Waals surface area (Å²) in [6.07, 6.45) is 4.83. The van der Waals surface area contributed by atoms with Crippen molar-refractivity contribution >= 4 is 50.9 Å². The molecule has 0 bridgehead atoms. The maximum Gasteiger partial charge on any atom is 0.258 e. The molecule has 0 saturated heterocycles. The van der Waals surface area contributed by atoms with Gasteiger partial charge in [0.05, 0.1) is 22.5 Å². The lowest BCUT2D eigenvalue weighted by molar-refractivity contribution is 0.102. The van der Waals surface area contributed by atoms with E-state index in [0.717, 1.165) is 20.2 Å². The van der Waals surface area contributed by atoms with E-state index in [0.29, 0.717) is 16.3 Å². The van der Waals surface area contributed by atoms with Gasteiger partial charge in [0.2, 0.25) is 0 Å². The number of aryl methyl sites for hydroxylation is 1. The number of hydrogen-bond acceptors (Lipinski definition) is 5. The van der Waals surface area contributed by atoms with Crippen LogP contribution in [0.3, 0.4) is 0 Å². The van der Waals surface area contributed by atoms with E-state index in [4.69, 9.17) is 11.6 Å². The highest BCUT2D eigenvalue weighted by molar-refractivity contribution is 9.10. The van der Waals surface area contributed by atoms with Crippen LogP contribution in [0.4, 0.5) is 5.69 Å². The molecule has 2 heterocycles. The molecule has 0 fully saturated rings. The van der Waals surface area contributed by atoms with Crippen LogP contribution in [-0.2, 0) is 7.05 Å². The average Bonchev–Trinajstić information content (AvgIpc) is 3.34. The second-order valence-corrected chi connectivity index (χ2v) is 8.41. The third kappa shape index (κ3) is 4.52. The number of nitrogens with one attached hydrogen (secondary N) is 1. The lowest BCUT2D eigenvalue weighted by atomic mass is 10.3. The van der Waals surface area contributed by atoms with Gasteiger partial charge in [-0.25, -0.2) is 4.68 Å². The SMILES string of the molecule is Cn1cnnc1Sc1ccc(NC(=O)c2cnn(-c3ccc(Br)cc3)c2)cc1Cl. The van der Waals surface area contributed by atoms with Gasteiger partial charge in [-0.15, -0.1) is 10.2 Å². The number of carbonyl (C=O) groups excluding carboxylic acids is 1. The maximum absolute atomic E-state index is 12.6. The van der Waals surface area contributed by atoms with Crippen LogP contribution in [-0.4, -0.2) is 30.5 Å². The molecule has 0 saturated carbocycles. The van der Waals surface area contributed by atoms with E-state index in [1.165, 1.54) is 18.0 Å². The molecule has 1 N–H and O–H groups in total. The Morgan fingerprint density at radius 1 is 1.21 bits per heavy atom. The standard InChI is InChI=1S/C19H14BrClN6OS/c1-26-11-22-25-19(26)29-17-7-4-14(8-16(17)21)24-18(28)12-9-23-27(10-12)15-5-2-13(20)3-6-15/h2-11H,1H3,(H,24,28). The summed E-state index contributed by atoms with van der Waals surface area (Å²) in [4.78, 5) is 13.4. The van der Waals surface area contributed by atoms with Crippen LogP contribution in [0, 0.1) is 0 Å². The molecule has 4 rings (SSSR count). The molecular weight excluding hydrogens is 476 g/mol. The van der Waals surface area contributed by atoms with Crippen molar-refractivity contribution in [3.63, 3.8) is 0 Å². The van der Waals surface area contributed by atoms with Gasteiger partial charge in [-0.3, -0.25) is 4.79 Å². The fourth-order valence-electron chi connectivity index (χ4n) is 2.50. The molecule has 10 heteroatoms. The Hall–Kier alpha value is -2.62. The van der Waals surface area contributed by atoms with Crippen molar-refractivity contribution in [2.75, 3.05) is 5.32 Å². The molecule has 4 aromatic rings. The van der Waals surface area contributed by atoms with Crippen molar-refractivity contribution < 1.29 is 4.79 Å².